The zero-order chi connectivity index (χ0) is 9.90. The van der Waals surface area contributed by atoms with Gasteiger partial charge in [-0.3, -0.25) is 0 Å². The molecule has 1 fully saturated rings. The molecular formula is C11H20BrN. The third-order valence-electron chi connectivity index (χ3n) is 2.79. The minimum atomic E-state index is 0.531. The summed E-state index contributed by atoms with van der Waals surface area (Å²) in [4.78, 5) is 0. The molecule has 0 spiro atoms. The van der Waals surface area contributed by atoms with Gasteiger partial charge in [0.2, 0.25) is 0 Å². The molecule has 0 bridgehead atoms. The first-order chi connectivity index (χ1) is 5.99. The van der Waals surface area contributed by atoms with E-state index in [1.54, 1.807) is 0 Å². The first-order valence-electron chi connectivity index (χ1n) is 5.06. The average molecular weight is 246 g/mol. The Morgan fingerprint density at radius 1 is 1.62 bits per heavy atom. The van der Waals surface area contributed by atoms with E-state index in [0.29, 0.717) is 11.5 Å². The molecule has 0 aromatic carbocycles. The summed E-state index contributed by atoms with van der Waals surface area (Å²) < 4.78 is 1.05. The van der Waals surface area contributed by atoms with Gasteiger partial charge in [0, 0.05) is 17.1 Å². The van der Waals surface area contributed by atoms with E-state index in [1.165, 1.54) is 25.7 Å². The highest BCUT2D eigenvalue weighted by molar-refractivity contribution is 9.11. The smallest absolute Gasteiger partial charge is 0.0268 e. The van der Waals surface area contributed by atoms with Crippen molar-refractivity contribution in [1.29, 1.82) is 0 Å². The monoisotopic (exact) mass is 245 g/mol. The first-order valence-corrected chi connectivity index (χ1v) is 5.85. The number of hydrogen-bond acceptors (Lipinski definition) is 1. The molecule has 0 saturated heterocycles. The van der Waals surface area contributed by atoms with Crippen molar-refractivity contribution >= 4 is 15.9 Å². The predicted octanol–water partition coefficient (Wildman–Crippen LogP) is 3.45. The minimum Gasteiger partial charge on any atom is -0.309 e. The summed E-state index contributed by atoms with van der Waals surface area (Å²) in [7, 11) is 0. The van der Waals surface area contributed by atoms with Crippen molar-refractivity contribution in [2.45, 2.75) is 45.6 Å². The second-order valence-electron chi connectivity index (χ2n) is 4.86. The average Bonchev–Trinajstić information content (AvgIpc) is 1.99. The summed E-state index contributed by atoms with van der Waals surface area (Å²) in [6.45, 7) is 9.46. The van der Waals surface area contributed by atoms with E-state index in [9.17, 15) is 0 Å². The summed E-state index contributed by atoms with van der Waals surface area (Å²) in [6.07, 6.45) is 5.36. The van der Waals surface area contributed by atoms with Gasteiger partial charge >= 0.3 is 0 Å². The van der Waals surface area contributed by atoms with Gasteiger partial charge in [0.1, 0.15) is 0 Å². The molecule has 0 radical (unpaired) electrons. The lowest BCUT2D eigenvalue weighted by Crippen LogP contribution is -2.37. The van der Waals surface area contributed by atoms with Gasteiger partial charge in [-0.1, -0.05) is 42.8 Å². The predicted molar refractivity (Wildman–Crippen MR) is 62.1 cm³/mol. The molecule has 2 heteroatoms. The van der Waals surface area contributed by atoms with Crippen molar-refractivity contribution < 1.29 is 0 Å². The first kappa shape index (κ1) is 11.3. The van der Waals surface area contributed by atoms with E-state index in [1.807, 2.05) is 0 Å². The summed E-state index contributed by atoms with van der Waals surface area (Å²) in [5, 5.41) is 3.53. The van der Waals surface area contributed by atoms with Crippen LogP contribution >= 0.6 is 15.9 Å². The highest BCUT2D eigenvalue weighted by Gasteiger charge is 2.27. The van der Waals surface area contributed by atoms with Crippen LogP contribution in [-0.2, 0) is 0 Å². The van der Waals surface area contributed by atoms with E-state index in [2.05, 4.69) is 41.7 Å². The van der Waals surface area contributed by atoms with Crippen molar-refractivity contribution in [2.75, 3.05) is 6.54 Å². The topological polar surface area (TPSA) is 12.0 Å². The number of rotatable bonds is 3. The SMILES string of the molecule is C=C(Br)CNC1CCCC(C)(C)C1. The Kier molecular flexibility index (Phi) is 3.99. The van der Waals surface area contributed by atoms with Gasteiger partial charge < -0.3 is 5.32 Å². The highest BCUT2D eigenvalue weighted by atomic mass is 79.9. The maximum atomic E-state index is 3.83. The molecule has 0 amide bonds. The van der Waals surface area contributed by atoms with Crippen LogP contribution in [0.2, 0.25) is 0 Å². The molecule has 1 N–H and O–H groups in total. The maximum Gasteiger partial charge on any atom is 0.0268 e. The van der Waals surface area contributed by atoms with Gasteiger partial charge in [-0.05, 0) is 24.7 Å². The largest absolute Gasteiger partial charge is 0.309 e. The summed E-state index contributed by atoms with van der Waals surface area (Å²) in [5.41, 5.74) is 0.531. The van der Waals surface area contributed by atoms with E-state index in [-0.39, 0.29) is 0 Å². The maximum absolute atomic E-state index is 3.83. The molecule has 0 aromatic heterocycles. The Hall–Kier alpha value is 0.180. The van der Waals surface area contributed by atoms with E-state index in [4.69, 9.17) is 0 Å². The van der Waals surface area contributed by atoms with Gasteiger partial charge in [0.15, 0.2) is 0 Å². The number of halogens is 1. The van der Waals surface area contributed by atoms with Crippen LogP contribution < -0.4 is 5.32 Å². The fourth-order valence-electron chi connectivity index (χ4n) is 2.13. The molecule has 1 unspecified atom stereocenters. The Balaban J connectivity index is 2.30. The molecule has 1 rings (SSSR count). The molecule has 76 valence electrons. The lowest BCUT2D eigenvalue weighted by molar-refractivity contribution is 0.201. The van der Waals surface area contributed by atoms with E-state index < -0.39 is 0 Å². The molecule has 0 aromatic rings. The minimum absolute atomic E-state index is 0.531. The molecule has 1 aliphatic rings. The number of nitrogens with one attached hydrogen (secondary N) is 1. The lowest BCUT2D eigenvalue weighted by Gasteiger charge is -2.35. The summed E-state index contributed by atoms with van der Waals surface area (Å²) >= 11 is 3.37. The molecule has 1 atom stereocenters. The lowest BCUT2D eigenvalue weighted by atomic mass is 9.75. The second kappa shape index (κ2) is 4.61. The molecule has 0 heterocycles. The van der Waals surface area contributed by atoms with Crippen LogP contribution in [0.5, 0.6) is 0 Å². The Bertz CT molecular complexity index is 187. The van der Waals surface area contributed by atoms with Crippen molar-refractivity contribution in [1.82, 2.24) is 5.32 Å². The molecule has 13 heavy (non-hydrogen) atoms. The molecule has 1 aliphatic carbocycles. The van der Waals surface area contributed by atoms with Crippen molar-refractivity contribution in [3.63, 3.8) is 0 Å². The van der Waals surface area contributed by atoms with Gasteiger partial charge in [0.05, 0.1) is 0 Å². The quantitative estimate of drug-likeness (QED) is 0.804. The van der Waals surface area contributed by atoms with Gasteiger partial charge in [-0.2, -0.15) is 0 Å². The van der Waals surface area contributed by atoms with Gasteiger partial charge in [-0.25, -0.2) is 0 Å². The van der Waals surface area contributed by atoms with Crippen LogP contribution in [0.1, 0.15) is 39.5 Å². The van der Waals surface area contributed by atoms with Crippen LogP contribution in [0, 0.1) is 5.41 Å². The Labute approximate surface area is 90.1 Å². The Morgan fingerprint density at radius 3 is 2.85 bits per heavy atom. The van der Waals surface area contributed by atoms with Crippen LogP contribution in [-0.4, -0.2) is 12.6 Å². The van der Waals surface area contributed by atoms with Crippen LogP contribution in [0.15, 0.2) is 11.1 Å². The number of hydrogen-bond donors (Lipinski definition) is 1. The Morgan fingerprint density at radius 2 is 2.31 bits per heavy atom. The van der Waals surface area contributed by atoms with Gasteiger partial charge in [0.25, 0.3) is 0 Å². The summed E-state index contributed by atoms with van der Waals surface area (Å²) in [6, 6.07) is 0.693. The van der Waals surface area contributed by atoms with Crippen molar-refractivity contribution in [3.8, 4) is 0 Å². The van der Waals surface area contributed by atoms with Crippen molar-refractivity contribution in [2.24, 2.45) is 5.41 Å². The second-order valence-corrected chi connectivity index (χ2v) is 5.98. The van der Waals surface area contributed by atoms with Crippen LogP contribution in [0.3, 0.4) is 0 Å². The fourth-order valence-corrected chi connectivity index (χ4v) is 2.29. The third-order valence-corrected chi connectivity index (χ3v) is 3.07. The zero-order valence-electron chi connectivity index (χ0n) is 8.70. The van der Waals surface area contributed by atoms with E-state index in [0.717, 1.165) is 11.0 Å². The highest BCUT2D eigenvalue weighted by Crippen LogP contribution is 2.35. The van der Waals surface area contributed by atoms with Gasteiger partial charge in [-0.15, -0.1) is 0 Å². The molecular weight excluding hydrogens is 226 g/mol. The standard InChI is InChI=1S/C11H20BrN/c1-9(12)8-13-10-5-4-6-11(2,3)7-10/h10,13H,1,4-8H2,2-3H3. The molecule has 0 aliphatic heterocycles. The molecule has 1 nitrogen and oxygen atoms in total. The molecule has 1 saturated carbocycles. The fraction of sp³-hybridized carbons (Fsp3) is 0.818. The summed E-state index contributed by atoms with van der Waals surface area (Å²) in [5.74, 6) is 0. The van der Waals surface area contributed by atoms with E-state index >= 15 is 0 Å². The van der Waals surface area contributed by atoms with Crippen LogP contribution in [0.25, 0.3) is 0 Å². The zero-order valence-corrected chi connectivity index (χ0v) is 10.3. The normalized spacial score (nSPS) is 27.2. The van der Waals surface area contributed by atoms with Crippen LogP contribution in [0.4, 0.5) is 0 Å². The van der Waals surface area contributed by atoms with Crippen molar-refractivity contribution in [3.05, 3.63) is 11.1 Å². The third kappa shape index (κ3) is 4.28.